The molecule has 0 aliphatic carbocycles. The van der Waals surface area contributed by atoms with E-state index in [-0.39, 0.29) is 34.6 Å². The van der Waals surface area contributed by atoms with Gasteiger partial charge in [0.2, 0.25) is 0 Å². The Labute approximate surface area is 266 Å². The van der Waals surface area contributed by atoms with Gasteiger partial charge in [0.1, 0.15) is 0 Å². The van der Waals surface area contributed by atoms with Gasteiger partial charge in [-0.3, -0.25) is 0 Å². The van der Waals surface area contributed by atoms with Gasteiger partial charge in [0.15, 0.2) is 0 Å². The minimum Gasteiger partial charge on any atom is -0.871 e. The monoisotopic (exact) mass is 1010 g/mol. The van der Waals surface area contributed by atoms with E-state index in [1.165, 1.54) is 0 Å². The van der Waals surface area contributed by atoms with E-state index >= 15 is 0 Å². The number of hydrogen-bond donors (Lipinski definition) is 0. The first-order valence-corrected chi connectivity index (χ1v) is 14.4. The van der Waals surface area contributed by atoms with Crippen molar-refractivity contribution in [1.82, 2.24) is 0 Å². The van der Waals surface area contributed by atoms with E-state index < -0.39 is 0 Å². The van der Waals surface area contributed by atoms with Gasteiger partial charge in [0.05, 0.1) is 0 Å². The van der Waals surface area contributed by atoms with Gasteiger partial charge in [0, 0.05) is 40.3 Å². The van der Waals surface area contributed by atoms with Crippen molar-refractivity contribution in [2.24, 2.45) is 0 Å². The van der Waals surface area contributed by atoms with Gasteiger partial charge in [-0.2, -0.15) is 0 Å². The van der Waals surface area contributed by atoms with Crippen molar-refractivity contribution in [2.75, 3.05) is 0 Å². The zero-order chi connectivity index (χ0) is 23.2. The topological polar surface area (TPSA) is 69.2 Å². The Hall–Kier alpha value is 1.91. The maximum Gasteiger partial charge on any atom is 3.00 e. The molecule has 0 bridgehead atoms. The van der Waals surface area contributed by atoms with Crippen LogP contribution in [0.2, 0.25) is 0 Å². The van der Waals surface area contributed by atoms with Crippen LogP contribution in [0.25, 0.3) is 0 Å². The average Bonchev–Trinajstić information content (AvgIpc) is 2.63. The van der Waals surface area contributed by atoms with Crippen LogP contribution in [-0.4, -0.2) is 17.4 Å². The molecule has 0 saturated carbocycles. The van der Waals surface area contributed by atoms with Crippen molar-refractivity contribution >= 4 is 161 Å². The van der Waals surface area contributed by atoms with E-state index in [4.69, 9.17) is 0 Å². The molecular weight excluding hydrogens is 1010 g/mol. The first-order chi connectivity index (χ1) is 13.8. The summed E-state index contributed by atoms with van der Waals surface area (Å²) in [5.74, 6) is -0.0744. The summed E-state index contributed by atoms with van der Waals surface area (Å²) in [6.07, 6.45) is 0. The summed E-state index contributed by atoms with van der Waals surface area (Å²) < 4.78 is 6.02. The fourth-order valence-corrected chi connectivity index (χ4v) is 8.36. The van der Waals surface area contributed by atoms with E-state index in [0.29, 0.717) is 26.8 Å². The summed E-state index contributed by atoms with van der Waals surface area (Å²) in [6.45, 7) is 0. The molecule has 162 valence electrons. The zero-order valence-corrected chi connectivity index (χ0v) is 30.1. The molecule has 0 heterocycles. The molecule has 0 amide bonds. The summed E-state index contributed by atoms with van der Waals surface area (Å²) in [7, 11) is 0. The molecule has 0 atom stereocenters. The molecule has 0 aromatic heterocycles. The molecular formula is C18H6AlBr9O3. The first kappa shape index (κ1) is 32.9. The minimum absolute atomic E-state index is 0. The third kappa shape index (κ3) is 11.5. The van der Waals surface area contributed by atoms with Gasteiger partial charge in [-0.25, -0.2) is 0 Å². The Kier molecular flexibility index (Phi) is 16.8. The molecule has 0 radical (unpaired) electrons. The molecule has 3 aromatic carbocycles. The quantitative estimate of drug-likeness (QED) is 0.212. The van der Waals surface area contributed by atoms with Crippen LogP contribution in [0.3, 0.4) is 0 Å². The summed E-state index contributed by atoms with van der Waals surface area (Å²) in [5, 5.41) is 33.0. The molecule has 13 heteroatoms. The van der Waals surface area contributed by atoms with E-state index in [1.54, 1.807) is 36.4 Å². The number of hydrogen-bond acceptors (Lipinski definition) is 3. The fraction of sp³-hybridized carbons (Fsp3) is 0. The number of halogens is 9. The summed E-state index contributed by atoms with van der Waals surface area (Å²) in [4.78, 5) is 0. The van der Waals surface area contributed by atoms with E-state index in [2.05, 4.69) is 143 Å². The summed E-state index contributed by atoms with van der Waals surface area (Å²) >= 11 is 28.5. The molecule has 0 fully saturated rings. The largest absolute Gasteiger partial charge is 3.00 e. The Bertz CT molecular complexity index is 847. The van der Waals surface area contributed by atoms with Crippen molar-refractivity contribution in [2.45, 2.75) is 0 Å². The molecule has 0 aliphatic heterocycles. The van der Waals surface area contributed by atoms with Crippen molar-refractivity contribution < 1.29 is 15.3 Å². The zero-order valence-electron chi connectivity index (χ0n) is 14.7. The van der Waals surface area contributed by atoms with Crippen molar-refractivity contribution in [3.05, 3.63) is 76.7 Å². The Balaban J connectivity index is 0.000000429. The SMILES string of the molecule is [Al+3].[O-]c1c(Br)cc(Br)cc1Br.[O-]c1c(Br)cc(Br)cc1Br.[O-]c1c(Br)cc(Br)cc1Br. The third-order valence-corrected chi connectivity index (χ3v) is 7.80. The molecule has 3 nitrogen and oxygen atoms in total. The van der Waals surface area contributed by atoms with Gasteiger partial charge in [-0.05, 0) is 36.4 Å². The van der Waals surface area contributed by atoms with Crippen LogP contribution in [-0.2, 0) is 0 Å². The molecule has 0 unspecified atom stereocenters. The van der Waals surface area contributed by atoms with E-state index in [1.807, 2.05) is 0 Å². The fourth-order valence-electron chi connectivity index (χ4n) is 1.59. The normalized spacial score (nSPS) is 9.58. The summed E-state index contributed by atoms with van der Waals surface area (Å²) in [5.41, 5.74) is 0. The first-order valence-electron chi connectivity index (χ1n) is 7.28. The van der Waals surface area contributed by atoms with Crippen LogP contribution >= 0.6 is 143 Å². The maximum atomic E-state index is 11.0. The Morgan fingerprint density at radius 2 is 0.484 bits per heavy atom. The molecule has 3 rings (SSSR count). The Morgan fingerprint density at radius 3 is 0.613 bits per heavy atom. The molecule has 31 heavy (non-hydrogen) atoms. The van der Waals surface area contributed by atoms with Crippen molar-refractivity contribution in [3.63, 3.8) is 0 Å². The predicted molar refractivity (Wildman–Crippen MR) is 153 cm³/mol. The maximum absolute atomic E-state index is 11.0. The standard InChI is InChI=1S/3C6H3Br3O.Al/c3*7-3-1-4(8)6(10)5(9)2-3;/h3*1-2,10H;/q;;;+3/p-3. The average molecular weight is 1020 g/mol. The molecule has 0 N–H and O–H groups in total. The van der Waals surface area contributed by atoms with Gasteiger partial charge in [-0.1, -0.05) is 161 Å². The predicted octanol–water partition coefficient (Wildman–Crippen LogP) is 8.76. The smallest absolute Gasteiger partial charge is 0.871 e. The number of benzene rings is 3. The minimum atomic E-state index is -0.0248. The van der Waals surface area contributed by atoms with Gasteiger partial charge >= 0.3 is 17.4 Å². The van der Waals surface area contributed by atoms with Crippen molar-refractivity contribution in [3.8, 4) is 17.2 Å². The van der Waals surface area contributed by atoms with E-state index in [9.17, 15) is 15.3 Å². The molecule has 0 aliphatic rings. The van der Waals surface area contributed by atoms with Crippen LogP contribution < -0.4 is 15.3 Å². The summed E-state index contributed by atoms with van der Waals surface area (Å²) in [6, 6.07) is 10.3. The van der Waals surface area contributed by atoms with Crippen LogP contribution in [0.5, 0.6) is 17.2 Å². The van der Waals surface area contributed by atoms with Crippen LogP contribution in [0.4, 0.5) is 0 Å². The third-order valence-electron chi connectivity index (χ3n) is 2.89. The van der Waals surface area contributed by atoms with Crippen LogP contribution in [0, 0.1) is 0 Å². The molecule has 0 spiro atoms. The molecule has 0 saturated heterocycles. The molecule has 3 aromatic rings. The van der Waals surface area contributed by atoms with Crippen LogP contribution in [0.15, 0.2) is 76.7 Å². The number of rotatable bonds is 0. The van der Waals surface area contributed by atoms with Gasteiger partial charge < -0.3 is 15.3 Å². The van der Waals surface area contributed by atoms with Gasteiger partial charge in [-0.15, -0.1) is 0 Å². The van der Waals surface area contributed by atoms with Crippen LogP contribution in [0.1, 0.15) is 0 Å². The second kappa shape index (κ2) is 15.8. The van der Waals surface area contributed by atoms with E-state index in [0.717, 1.165) is 13.4 Å². The second-order valence-corrected chi connectivity index (χ2v) is 13.0. The van der Waals surface area contributed by atoms with Gasteiger partial charge in [0.25, 0.3) is 0 Å². The Morgan fingerprint density at radius 1 is 0.355 bits per heavy atom. The van der Waals surface area contributed by atoms with Crippen molar-refractivity contribution in [1.29, 1.82) is 0 Å². The second-order valence-electron chi connectivity index (χ2n) is 5.10.